The summed E-state index contributed by atoms with van der Waals surface area (Å²) in [7, 11) is 0. The first-order chi connectivity index (χ1) is 9.32. The van der Waals surface area contributed by atoms with Crippen LogP contribution in [-0.4, -0.2) is 40.2 Å². The van der Waals surface area contributed by atoms with Crippen molar-refractivity contribution in [1.82, 2.24) is 9.69 Å². The number of aromatic nitrogens is 1. The molecule has 112 valence electrons. The Morgan fingerprint density at radius 1 is 1.65 bits per heavy atom. The zero-order chi connectivity index (χ0) is 15.0. The molecular weight excluding hydrogens is 276 g/mol. The second kappa shape index (κ2) is 5.42. The number of ether oxygens (including phenoxy) is 1. The summed E-state index contributed by atoms with van der Waals surface area (Å²) < 4.78 is 9.69. The van der Waals surface area contributed by atoms with Crippen LogP contribution < -0.4 is 5.32 Å². The number of rotatable bonds is 5. The third-order valence-corrected chi connectivity index (χ3v) is 5.15. The first-order valence-electron chi connectivity index (χ1n) is 6.85. The molecule has 1 heterocycles. The Morgan fingerprint density at radius 3 is 2.85 bits per heavy atom. The number of aliphatic hydroxyl groups is 1. The minimum Gasteiger partial charge on any atom is -0.387 e. The molecule has 0 saturated heterocycles. The smallest absolute Gasteiger partial charge is 0.254 e. The topological polar surface area (TPSA) is 71.5 Å². The van der Waals surface area contributed by atoms with Gasteiger partial charge in [0.15, 0.2) is 0 Å². The van der Waals surface area contributed by atoms with Gasteiger partial charge >= 0.3 is 0 Å². The molecule has 2 rings (SSSR count). The van der Waals surface area contributed by atoms with Gasteiger partial charge in [-0.1, -0.05) is 13.8 Å². The van der Waals surface area contributed by atoms with Gasteiger partial charge in [0.25, 0.3) is 5.91 Å². The van der Waals surface area contributed by atoms with Gasteiger partial charge < -0.3 is 15.2 Å². The van der Waals surface area contributed by atoms with E-state index in [4.69, 9.17) is 4.74 Å². The van der Waals surface area contributed by atoms with Gasteiger partial charge in [-0.15, -0.1) is 0 Å². The van der Waals surface area contributed by atoms with Crippen LogP contribution in [0.4, 0.5) is 0 Å². The van der Waals surface area contributed by atoms with Gasteiger partial charge in [-0.3, -0.25) is 4.79 Å². The summed E-state index contributed by atoms with van der Waals surface area (Å²) in [6.45, 7) is 8.56. The number of carbonyl (C=O) groups is 1. The van der Waals surface area contributed by atoms with Crippen LogP contribution in [0.5, 0.6) is 0 Å². The molecule has 20 heavy (non-hydrogen) atoms. The minimum atomic E-state index is -0.917. The summed E-state index contributed by atoms with van der Waals surface area (Å²) in [5.74, 6) is -0.180. The summed E-state index contributed by atoms with van der Waals surface area (Å²) in [6.07, 6.45) is 0.591. The minimum absolute atomic E-state index is 0.0407. The first kappa shape index (κ1) is 15.4. The summed E-state index contributed by atoms with van der Waals surface area (Å²) in [4.78, 5) is 12.0. The lowest BCUT2D eigenvalue weighted by molar-refractivity contribution is -0.237. The summed E-state index contributed by atoms with van der Waals surface area (Å²) in [5, 5.41) is 15.2. The Kier molecular flexibility index (Phi) is 4.18. The Labute approximate surface area is 123 Å². The molecule has 0 aromatic carbocycles. The van der Waals surface area contributed by atoms with E-state index >= 15 is 0 Å². The third kappa shape index (κ3) is 2.47. The van der Waals surface area contributed by atoms with Crippen molar-refractivity contribution in [3.05, 3.63) is 16.6 Å². The molecule has 1 aliphatic rings. The predicted molar refractivity (Wildman–Crippen MR) is 77.9 cm³/mol. The number of nitrogens with one attached hydrogen (secondary N) is 1. The molecule has 6 heteroatoms. The highest BCUT2D eigenvalue weighted by Gasteiger charge is 2.59. The van der Waals surface area contributed by atoms with E-state index in [9.17, 15) is 9.90 Å². The normalized spacial score (nSPS) is 27.9. The fourth-order valence-corrected chi connectivity index (χ4v) is 3.29. The van der Waals surface area contributed by atoms with Gasteiger partial charge in [-0.25, -0.2) is 0 Å². The highest BCUT2D eigenvalue weighted by molar-refractivity contribution is 7.03. The molecule has 2 N–H and O–H groups in total. The Bertz CT molecular complexity index is 500. The molecular formula is C14H22N2O3S. The lowest BCUT2D eigenvalue weighted by Gasteiger charge is -2.57. The SMILES string of the molecule is CCO[C@H]1C[C@@](O)(CNC(=O)c2csnc2C)C1(C)C. The van der Waals surface area contributed by atoms with Crippen molar-refractivity contribution >= 4 is 17.4 Å². The van der Waals surface area contributed by atoms with E-state index in [-0.39, 0.29) is 24.0 Å². The van der Waals surface area contributed by atoms with Crippen LogP contribution in [0.2, 0.25) is 0 Å². The van der Waals surface area contributed by atoms with Crippen LogP contribution in [0.15, 0.2) is 5.38 Å². The average molecular weight is 298 g/mol. The van der Waals surface area contributed by atoms with E-state index in [2.05, 4.69) is 9.69 Å². The largest absolute Gasteiger partial charge is 0.387 e. The number of amides is 1. The molecule has 0 bridgehead atoms. The molecule has 1 aliphatic carbocycles. The maximum absolute atomic E-state index is 12.0. The fraction of sp³-hybridized carbons (Fsp3) is 0.714. The molecule has 2 atom stereocenters. The fourth-order valence-electron chi connectivity index (χ4n) is 2.59. The monoisotopic (exact) mass is 298 g/mol. The van der Waals surface area contributed by atoms with E-state index in [1.165, 1.54) is 11.5 Å². The molecule has 0 aliphatic heterocycles. The van der Waals surface area contributed by atoms with E-state index in [0.29, 0.717) is 18.6 Å². The van der Waals surface area contributed by atoms with Crippen molar-refractivity contribution in [1.29, 1.82) is 0 Å². The van der Waals surface area contributed by atoms with Crippen LogP contribution in [0.25, 0.3) is 0 Å². The Morgan fingerprint density at radius 2 is 2.35 bits per heavy atom. The van der Waals surface area contributed by atoms with Gasteiger partial charge in [0.2, 0.25) is 0 Å². The van der Waals surface area contributed by atoms with Crippen molar-refractivity contribution in [2.24, 2.45) is 5.41 Å². The van der Waals surface area contributed by atoms with E-state index in [0.717, 1.165) is 5.69 Å². The lowest BCUT2D eigenvalue weighted by Crippen LogP contribution is -2.68. The first-order valence-corrected chi connectivity index (χ1v) is 7.68. The molecule has 5 nitrogen and oxygen atoms in total. The molecule has 0 radical (unpaired) electrons. The molecule has 1 amide bonds. The second-order valence-corrected chi connectivity index (χ2v) is 6.53. The summed E-state index contributed by atoms with van der Waals surface area (Å²) in [6, 6.07) is 0. The zero-order valence-electron chi connectivity index (χ0n) is 12.4. The van der Waals surface area contributed by atoms with Crippen molar-refractivity contribution in [3.63, 3.8) is 0 Å². The van der Waals surface area contributed by atoms with E-state index < -0.39 is 5.60 Å². The summed E-state index contributed by atoms with van der Waals surface area (Å²) in [5.41, 5.74) is 0.0228. The van der Waals surface area contributed by atoms with Crippen molar-refractivity contribution in [2.45, 2.75) is 45.8 Å². The van der Waals surface area contributed by atoms with Gasteiger partial charge in [0.1, 0.15) is 0 Å². The number of hydrogen-bond donors (Lipinski definition) is 2. The van der Waals surface area contributed by atoms with Gasteiger partial charge in [0.05, 0.1) is 23.0 Å². The van der Waals surface area contributed by atoms with Crippen molar-refractivity contribution in [2.75, 3.05) is 13.2 Å². The van der Waals surface area contributed by atoms with E-state index in [1.54, 1.807) is 12.3 Å². The molecule has 1 fully saturated rings. The van der Waals surface area contributed by atoms with Crippen LogP contribution in [0.1, 0.15) is 43.2 Å². The van der Waals surface area contributed by atoms with Crippen LogP contribution in [0.3, 0.4) is 0 Å². The van der Waals surface area contributed by atoms with Crippen LogP contribution in [0, 0.1) is 12.3 Å². The highest BCUT2D eigenvalue weighted by Crippen LogP contribution is 2.50. The lowest BCUT2D eigenvalue weighted by atomic mass is 9.56. The Balaban J connectivity index is 1.95. The number of nitrogens with zero attached hydrogens (tertiary/aromatic N) is 1. The third-order valence-electron chi connectivity index (χ3n) is 4.43. The van der Waals surface area contributed by atoms with E-state index in [1.807, 2.05) is 20.8 Å². The second-order valence-electron chi connectivity index (χ2n) is 5.90. The summed E-state index contributed by atoms with van der Waals surface area (Å²) >= 11 is 1.26. The number of carbonyl (C=O) groups excluding carboxylic acids is 1. The molecule has 1 aromatic heterocycles. The Hall–Kier alpha value is -0.980. The molecule has 0 unspecified atom stereocenters. The van der Waals surface area contributed by atoms with Gasteiger partial charge in [-0.05, 0) is 25.4 Å². The average Bonchev–Trinajstić information content (AvgIpc) is 2.82. The van der Waals surface area contributed by atoms with Crippen LogP contribution >= 0.6 is 11.5 Å². The van der Waals surface area contributed by atoms with Crippen LogP contribution in [-0.2, 0) is 4.74 Å². The van der Waals surface area contributed by atoms with Crippen molar-refractivity contribution in [3.8, 4) is 0 Å². The zero-order valence-corrected chi connectivity index (χ0v) is 13.2. The van der Waals surface area contributed by atoms with Gasteiger partial charge in [0, 0.05) is 30.4 Å². The van der Waals surface area contributed by atoms with Gasteiger partial charge in [-0.2, -0.15) is 4.37 Å². The molecule has 1 saturated carbocycles. The standard InChI is InChI=1S/C14H22N2O3S/c1-5-19-11-6-14(18,13(11,3)4)8-15-12(17)10-7-20-16-9(10)2/h7,11,18H,5-6,8H2,1-4H3,(H,15,17)/t11-,14+/m0/s1. The predicted octanol–water partition coefficient (Wildman–Crippen LogP) is 1.75. The number of aryl methyl sites for hydroxylation is 1. The number of hydrogen-bond acceptors (Lipinski definition) is 5. The quantitative estimate of drug-likeness (QED) is 0.868. The molecule has 0 spiro atoms. The highest BCUT2D eigenvalue weighted by atomic mass is 32.1. The van der Waals surface area contributed by atoms with Crippen molar-refractivity contribution < 1.29 is 14.6 Å². The molecule has 1 aromatic rings. The maximum atomic E-state index is 12.0. The maximum Gasteiger partial charge on any atom is 0.254 e.